The Balaban J connectivity index is 1.35. The van der Waals surface area contributed by atoms with Crippen molar-refractivity contribution in [2.75, 3.05) is 105 Å². The van der Waals surface area contributed by atoms with Gasteiger partial charge in [-0.05, 0) is 43.0 Å². The second kappa shape index (κ2) is 39.6. The standard InChI is InChI=1S/C49H79N9O22/c50-58-57-11-3-1-2-5-32(61)6-4-18-76-33-26-30(46(72)55-12-7-36(62)51-14-21-74-19-9-38(64)53-16-23-77-48-44(70)42(68)40(66)34(28-59)79-48)25-31(27-33)47(73)56-13-8-37(63)52-15-22-75-20-10-39(65)54-17-24-78-49-45(71)43(69)41(67)35(29-60)80-49/h25-27,34-35,40-45,48-49,59-60,66-71H,1-24,28-29H2,(H,51,62)(H,52,63)(H,53,64)(H,54,65)(H,55,72)(H,56,73)/t34?,35?,40-,41-,42+,43+,44?,45?,48+,49+/m1/s1. The molecule has 2 saturated heterocycles. The number of rotatable bonds is 41. The number of hydrogen-bond acceptors (Lipinski definition) is 23. The van der Waals surface area contributed by atoms with E-state index < -0.39 is 98.3 Å². The van der Waals surface area contributed by atoms with E-state index in [-0.39, 0.29) is 152 Å². The maximum absolute atomic E-state index is 13.3. The van der Waals surface area contributed by atoms with Crippen LogP contribution < -0.4 is 36.6 Å². The van der Waals surface area contributed by atoms with Crippen molar-refractivity contribution in [3.05, 3.63) is 39.8 Å². The first kappa shape index (κ1) is 68.5. The van der Waals surface area contributed by atoms with E-state index in [9.17, 15) is 74.4 Å². The number of azide groups is 1. The molecule has 2 aliphatic heterocycles. The van der Waals surface area contributed by atoms with E-state index >= 15 is 0 Å². The molecule has 10 atom stereocenters. The number of hydrogen-bond donors (Lipinski definition) is 14. The van der Waals surface area contributed by atoms with E-state index in [4.69, 9.17) is 38.7 Å². The highest BCUT2D eigenvalue weighted by atomic mass is 16.7. The largest absolute Gasteiger partial charge is 0.494 e. The Morgan fingerprint density at radius 3 is 1.38 bits per heavy atom. The molecule has 0 aromatic heterocycles. The molecule has 2 aliphatic rings. The van der Waals surface area contributed by atoms with Crippen LogP contribution in [0.4, 0.5) is 0 Å². The predicted octanol–water partition coefficient (Wildman–Crippen LogP) is -4.56. The topological polar surface area (TPSA) is 467 Å². The highest BCUT2D eigenvalue weighted by Gasteiger charge is 2.45. The van der Waals surface area contributed by atoms with Gasteiger partial charge in [0.15, 0.2) is 12.6 Å². The lowest BCUT2D eigenvalue weighted by molar-refractivity contribution is -0.300. The minimum atomic E-state index is -1.59. The summed E-state index contributed by atoms with van der Waals surface area (Å²) in [7, 11) is 0. The van der Waals surface area contributed by atoms with Crippen molar-refractivity contribution in [3.8, 4) is 5.75 Å². The molecular weight excluding hydrogens is 1070 g/mol. The van der Waals surface area contributed by atoms with E-state index in [1.54, 1.807) is 0 Å². The summed E-state index contributed by atoms with van der Waals surface area (Å²) in [6.45, 7) is -0.717. The molecule has 14 N–H and O–H groups in total. The molecule has 0 radical (unpaired) electrons. The van der Waals surface area contributed by atoms with Gasteiger partial charge in [-0.15, -0.1) is 0 Å². The zero-order valence-corrected chi connectivity index (χ0v) is 44.5. The van der Waals surface area contributed by atoms with Gasteiger partial charge in [0.25, 0.3) is 11.8 Å². The molecule has 452 valence electrons. The second-order valence-corrected chi connectivity index (χ2v) is 18.3. The molecule has 1 aromatic rings. The molecule has 1 aromatic carbocycles. The first-order valence-corrected chi connectivity index (χ1v) is 26.4. The van der Waals surface area contributed by atoms with Crippen molar-refractivity contribution < 1.29 is 108 Å². The Morgan fingerprint density at radius 2 is 0.925 bits per heavy atom. The molecule has 0 saturated carbocycles. The molecule has 3 rings (SSSR count). The van der Waals surface area contributed by atoms with Gasteiger partial charge >= 0.3 is 0 Å². The first-order chi connectivity index (χ1) is 38.5. The minimum absolute atomic E-state index is 0.0213. The van der Waals surface area contributed by atoms with E-state index in [0.29, 0.717) is 32.2 Å². The third kappa shape index (κ3) is 26.7. The van der Waals surface area contributed by atoms with Gasteiger partial charge in [-0.1, -0.05) is 11.5 Å². The van der Waals surface area contributed by atoms with Crippen LogP contribution in [0, 0.1) is 0 Å². The average Bonchev–Trinajstić information content (AvgIpc) is 3.46. The van der Waals surface area contributed by atoms with Crippen LogP contribution in [0.15, 0.2) is 23.3 Å². The monoisotopic (exact) mass is 1150 g/mol. The molecule has 0 aliphatic carbocycles. The molecule has 2 fully saturated rings. The zero-order valence-electron chi connectivity index (χ0n) is 44.5. The predicted molar refractivity (Wildman–Crippen MR) is 275 cm³/mol. The van der Waals surface area contributed by atoms with E-state index in [0.717, 1.165) is 6.42 Å². The lowest BCUT2D eigenvalue weighted by Crippen LogP contribution is -2.59. The quantitative estimate of drug-likeness (QED) is 0.0127. The Hall–Kier alpha value is -5.74. The number of carbonyl (C=O) groups is 7. The van der Waals surface area contributed by atoms with Crippen molar-refractivity contribution in [2.45, 2.75) is 126 Å². The second-order valence-electron chi connectivity index (χ2n) is 18.3. The van der Waals surface area contributed by atoms with Crippen molar-refractivity contribution in [1.29, 1.82) is 0 Å². The van der Waals surface area contributed by atoms with Crippen LogP contribution in [0.1, 0.15) is 84.9 Å². The van der Waals surface area contributed by atoms with Gasteiger partial charge in [0.05, 0.1) is 59.5 Å². The van der Waals surface area contributed by atoms with E-state index in [2.05, 4.69) is 41.9 Å². The highest BCUT2D eigenvalue weighted by molar-refractivity contribution is 6.00. The van der Waals surface area contributed by atoms with Gasteiger partial charge in [-0.25, -0.2) is 0 Å². The summed E-state index contributed by atoms with van der Waals surface area (Å²) in [5, 5.41) is 97.2. The van der Waals surface area contributed by atoms with Crippen LogP contribution in [-0.4, -0.2) is 249 Å². The number of ketones is 1. The van der Waals surface area contributed by atoms with Crippen molar-refractivity contribution in [1.82, 2.24) is 31.9 Å². The summed E-state index contributed by atoms with van der Waals surface area (Å²) >= 11 is 0. The lowest BCUT2D eigenvalue weighted by Gasteiger charge is -2.39. The van der Waals surface area contributed by atoms with Crippen LogP contribution in [0.3, 0.4) is 0 Å². The number of nitrogens with one attached hydrogen (secondary N) is 6. The van der Waals surface area contributed by atoms with Crippen LogP contribution in [0.2, 0.25) is 0 Å². The average molecular weight is 1150 g/mol. The molecule has 31 nitrogen and oxygen atoms in total. The summed E-state index contributed by atoms with van der Waals surface area (Å²) in [4.78, 5) is 91.0. The van der Waals surface area contributed by atoms with Gasteiger partial charge in [0.2, 0.25) is 23.6 Å². The van der Waals surface area contributed by atoms with Crippen molar-refractivity contribution >= 4 is 41.2 Å². The summed E-state index contributed by atoms with van der Waals surface area (Å²) < 4.78 is 37.8. The first-order valence-electron chi connectivity index (χ1n) is 26.4. The van der Waals surface area contributed by atoms with E-state index in [1.807, 2.05) is 0 Å². The lowest BCUT2D eigenvalue weighted by atomic mass is 9.99. The van der Waals surface area contributed by atoms with Gasteiger partial charge in [-0.3, -0.25) is 33.6 Å². The van der Waals surface area contributed by atoms with Crippen molar-refractivity contribution in [3.63, 3.8) is 0 Å². The minimum Gasteiger partial charge on any atom is -0.494 e. The molecule has 6 amide bonds. The third-order valence-corrected chi connectivity index (χ3v) is 12.0. The third-order valence-electron chi connectivity index (χ3n) is 12.0. The van der Waals surface area contributed by atoms with Gasteiger partial charge in [0.1, 0.15) is 60.4 Å². The number of ether oxygens (including phenoxy) is 7. The number of aliphatic hydroxyl groups is 8. The van der Waals surface area contributed by atoms with Crippen LogP contribution in [-0.2, 0) is 52.4 Å². The summed E-state index contributed by atoms with van der Waals surface area (Å²) in [5.74, 6) is -2.67. The van der Waals surface area contributed by atoms with Gasteiger partial charge < -0.3 is 106 Å². The number of aliphatic hydroxyl groups excluding tert-OH is 8. The SMILES string of the molecule is [N-]=[N+]=NCCCCCC(=O)CCCOc1cc(C(=O)NCCC(=O)NCCOCCC(=O)NCCO[C@H]2OC(CO)[C@@H](O)[C@H](O)C2O)cc(C(=O)NCCC(=O)NCCOCCC(=O)NCCO[C@H]2OC(CO)[C@@H](O)[C@H](O)C2O)c1. The number of benzene rings is 1. The van der Waals surface area contributed by atoms with Crippen molar-refractivity contribution in [2.24, 2.45) is 5.11 Å². The molecule has 0 spiro atoms. The summed E-state index contributed by atoms with van der Waals surface area (Å²) in [6.07, 6.45) is -11.6. The number of unbranched alkanes of at least 4 members (excludes halogenated alkanes) is 2. The Morgan fingerprint density at radius 1 is 0.487 bits per heavy atom. The smallest absolute Gasteiger partial charge is 0.251 e. The Kier molecular flexibility index (Phi) is 33.9. The summed E-state index contributed by atoms with van der Waals surface area (Å²) in [5.41, 5.74) is 8.44. The fourth-order valence-corrected chi connectivity index (χ4v) is 7.59. The molecule has 4 unspecified atom stereocenters. The molecule has 2 heterocycles. The fourth-order valence-electron chi connectivity index (χ4n) is 7.59. The molecule has 31 heteroatoms. The van der Waals surface area contributed by atoms with E-state index in [1.165, 1.54) is 18.2 Å². The zero-order chi connectivity index (χ0) is 58.7. The Labute approximate surface area is 461 Å². The molecular formula is C49H79N9O22. The van der Waals surface area contributed by atoms with Gasteiger partial charge in [-0.2, -0.15) is 0 Å². The number of carbonyl (C=O) groups excluding carboxylic acids is 7. The fraction of sp³-hybridized carbons (Fsp3) is 0.735. The van der Waals surface area contributed by atoms with Crippen LogP contribution in [0.25, 0.3) is 10.4 Å². The van der Waals surface area contributed by atoms with Gasteiger partial charge in [0, 0.05) is 100 Å². The van der Waals surface area contributed by atoms with Crippen LogP contribution in [0.5, 0.6) is 5.75 Å². The maximum atomic E-state index is 13.3. The summed E-state index contributed by atoms with van der Waals surface area (Å²) in [6, 6.07) is 4.12. The molecule has 80 heavy (non-hydrogen) atoms. The number of nitrogens with zero attached hydrogens (tertiary/aromatic N) is 3. The highest BCUT2D eigenvalue weighted by Crippen LogP contribution is 2.23. The maximum Gasteiger partial charge on any atom is 0.251 e. The molecule has 0 bridgehead atoms. The normalized spacial score (nSPS) is 22.5. The van der Waals surface area contributed by atoms with Crippen LogP contribution >= 0.6 is 0 Å². The number of amides is 6. The Bertz CT molecular complexity index is 1990. The number of Topliss-reactive ketones (excluding diaryl/α,β-unsaturated/α-hetero) is 1.